The summed E-state index contributed by atoms with van der Waals surface area (Å²) in [7, 11) is 0. The van der Waals surface area contributed by atoms with Gasteiger partial charge in [0.05, 0.1) is 6.10 Å². The second kappa shape index (κ2) is 11.7. The minimum atomic E-state index is -0.806. The third kappa shape index (κ3) is 8.25. The van der Waals surface area contributed by atoms with E-state index in [4.69, 9.17) is 5.11 Å². The normalized spacial score (nSPS) is 23.8. The first-order valence-electron chi connectivity index (χ1n) is 9.24. The van der Waals surface area contributed by atoms with E-state index in [9.17, 15) is 19.5 Å². The zero-order valence-electron chi connectivity index (χ0n) is 15.0. The third-order valence-corrected chi connectivity index (χ3v) is 4.59. The van der Waals surface area contributed by atoms with Gasteiger partial charge in [-0.05, 0) is 31.8 Å². The molecule has 1 aliphatic rings. The van der Waals surface area contributed by atoms with Crippen LogP contribution in [-0.2, 0) is 14.4 Å². The van der Waals surface area contributed by atoms with Crippen molar-refractivity contribution in [2.75, 3.05) is 0 Å². The SMILES string of the molecule is CCCCCC(=O)C=CC1C(=O)CC(O)C1CC=CCCCC(=O)O. The van der Waals surface area contributed by atoms with Crippen LogP contribution in [-0.4, -0.2) is 33.9 Å². The molecule has 3 unspecified atom stereocenters. The molecule has 1 saturated carbocycles. The van der Waals surface area contributed by atoms with Crippen LogP contribution in [0, 0.1) is 11.8 Å². The van der Waals surface area contributed by atoms with E-state index in [1.807, 2.05) is 12.2 Å². The predicted molar refractivity (Wildman–Crippen MR) is 96.1 cm³/mol. The molecular formula is C20H30O5. The minimum absolute atomic E-state index is 0.0191. The first-order valence-corrected chi connectivity index (χ1v) is 9.24. The fourth-order valence-corrected chi connectivity index (χ4v) is 3.11. The standard InChI is InChI=1S/C20H30O5/c1-2-3-6-9-15(21)12-13-17-16(18(22)14-19(17)23)10-7-4-5-8-11-20(24)25/h4,7,12-13,16-18,22H,2-3,5-6,8-11,14H2,1H3,(H,24,25). The summed E-state index contributed by atoms with van der Waals surface area (Å²) in [4.78, 5) is 34.3. The predicted octanol–water partition coefficient (Wildman–Crippen LogP) is 3.46. The fourth-order valence-electron chi connectivity index (χ4n) is 3.11. The number of Topliss-reactive ketones (excluding diaryl/α,β-unsaturated/α-hetero) is 1. The molecule has 0 aliphatic heterocycles. The number of carboxylic acid groups (broad SMARTS) is 1. The average Bonchev–Trinajstić information content (AvgIpc) is 2.82. The Hall–Kier alpha value is -1.75. The van der Waals surface area contributed by atoms with Gasteiger partial charge in [-0.3, -0.25) is 14.4 Å². The minimum Gasteiger partial charge on any atom is -0.481 e. The second-order valence-electron chi connectivity index (χ2n) is 6.70. The molecule has 25 heavy (non-hydrogen) atoms. The zero-order valence-corrected chi connectivity index (χ0v) is 15.0. The first kappa shape index (κ1) is 21.3. The van der Waals surface area contributed by atoms with Crippen LogP contribution in [0.4, 0.5) is 0 Å². The molecule has 2 N–H and O–H groups in total. The first-order chi connectivity index (χ1) is 12.0. The lowest BCUT2D eigenvalue weighted by Gasteiger charge is -2.16. The molecule has 5 heteroatoms. The van der Waals surface area contributed by atoms with Gasteiger partial charge >= 0.3 is 5.97 Å². The van der Waals surface area contributed by atoms with Crippen molar-refractivity contribution < 1.29 is 24.6 Å². The van der Waals surface area contributed by atoms with Crippen molar-refractivity contribution in [2.45, 2.75) is 70.8 Å². The number of rotatable bonds is 12. The summed E-state index contributed by atoms with van der Waals surface area (Å²) in [5.41, 5.74) is 0. The number of allylic oxidation sites excluding steroid dienone is 4. The molecule has 140 valence electrons. The molecule has 0 spiro atoms. The van der Waals surface area contributed by atoms with Gasteiger partial charge in [-0.15, -0.1) is 0 Å². The lowest BCUT2D eigenvalue weighted by atomic mass is 9.90. The van der Waals surface area contributed by atoms with E-state index in [0.717, 1.165) is 19.3 Å². The molecular weight excluding hydrogens is 320 g/mol. The highest BCUT2D eigenvalue weighted by atomic mass is 16.4. The van der Waals surface area contributed by atoms with Gasteiger partial charge in [-0.2, -0.15) is 0 Å². The van der Waals surface area contributed by atoms with Crippen LogP contribution in [0.5, 0.6) is 0 Å². The van der Waals surface area contributed by atoms with Crippen molar-refractivity contribution in [1.82, 2.24) is 0 Å². The number of aliphatic hydroxyl groups is 1. The number of hydrogen-bond acceptors (Lipinski definition) is 4. The zero-order chi connectivity index (χ0) is 18.7. The molecule has 3 atom stereocenters. The summed E-state index contributed by atoms with van der Waals surface area (Å²) >= 11 is 0. The summed E-state index contributed by atoms with van der Waals surface area (Å²) in [5.74, 6) is -1.41. The maximum absolute atomic E-state index is 12.1. The van der Waals surface area contributed by atoms with Crippen LogP contribution >= 0.6 is 0 Å². The van der Waals surface area contributed by atoms with Crippen molar-refractivity contribution in [3.05, 3.63) is 24.3 Å². The van der Waals surface area contributed by atoms with E-state index in [1.54, 1.807) is 6.08 Å². The lowest BCUT2D eigenvalue weighted by Crippen LogP contribution is -2.18. The summed E-state index contributed by atoms with van der Waals surface area (Å²) < 4.78 is 0. The Morgan fingerprint density at radius 3 is 2.60 bits per heavy atom. The van der Waals surface area contributed by atoms with Crippen LogP contribution in [0.2, 0.25) is 0 Å². The third-order valence-electron chi connectivity index (χ3n) is 4.59. The quantitative estimate of drug-likeness (QED) is 0.319. The summed E-state index contributed by atoms with van der Waals surface area (Å²) in [6.07, 6.45) is 11.8. The van der Waals surface area contributed by atoms with Crippen LogP contribution in [0.1, 0.15) is 64.7 Å². The molecule has 5 nitrogen and oxygen atoms in total. The Morgan fingerprint density at radius 2 is 1.92 bits per heavy atom. The van der Waals surface area contributed by atoms with Crippen molar-refractivity contribution >= 4 is 17.5 Å². The molecule has 0 heterocycles. The van der Waals surface area contributed by atoms with Crippen LogP contribution < -0.4 is 0 Å². The highest BCUT2D eigenvalue weighted by Crippen LogP contribution is 2.33. The van der Waals surface area contributed by atoms with E-state index in [1.165, 1.54) is 6.08 Å². The monoisotopic (exact) mass is 350 g/mol. The molecule has 0 aromatic heterocycles. The van der Waals surface area contributed by atoms with E-state index >= 15 is 0 Å². The number of carbonyl (C=O) groups is 3. The number of hydrogen-bond donors (Lipinski definition) is 2. The van der Waals surface area contributed by atoms with E-state index in [0.29, 0.717) is 25.7 Å². The Morgan fingerprint density at radius 1 is 1.16 bits per heavy atom. The Kier molecular flexibility index (Phi) is 10.0. The molecule has 0 aromatic carbocycles. The topological polar surface area (TPSA) is 91.7 Å². The summed E-state index contributed by atoms with van der Waals surface area (Å²) in [6, 6.07) is 0. The lowest BCUT2D eigenvalue weighted by molar-refractivity contribution is -0.137. The molecule has 0 amide bonds. The van der Waals surface area contributed by atoms with Gasteiger partial charge in [0.25, 0.3) is 0 Å². The van der Waals surface area contributed by atoms with Crippen molar-refractivity contribution in [3.8, 4) is 0 Å². The number of ketones is 2. The molecule has 1 fully saturated rings. The van der Waals surface area contributed by atoms with Gasteiger partial charge < -0.3 is 10.2 Å². The number of unbranched alkanes of at least 4 members (excludes halogenated alkanes) is 3. The van der Waals surface area contributed by atoms with Gasteiger partial charge in [-0.25, -0.2) is 0 Å². The maximum Gasteiger partial charge on any atom is 0.303 e. The van der Waals surface area contributed by atoms with Crippen LogP contribution in [0.25, 0.3) is 0 Å². The Balaban J connectivity index is 2.49. The smallest absolute Gasteiger partial charge is 0.303 e. The van der Waals surface area contributed by atoms with E-state index in [-0.39, 0.29) is 30.3 Å². The Bertz CT molecular complexity index is 506. The van der Waals surface area contributed by atoms with Crippen molar-refractivity contribution in [2.24, 2.45) is 11.8 Å². The van der Waals surface area contributed by atoms with E-state index < -0.39 is 18.0 Å². The van der Waals surface area contributed by atoms with Crippen molar-refractivity contribution in [1.29, 1.82) is 0 Å². The van der Waals surface area contributed by atoms with Gasteiger partial charge in [0.15, 0.2) is 5.78 Å². The molecule has 0 aromatic rings. The summed E-state index contributed by atoms with van der Waals surface area (Å²) in [6.45, 7) is 2.08. The van der Waals surface area contributed by atoms with Crippen LogP contribution in [0.3, 0.4) is 0 Å². The number of aliphatic hydroxyl groups excluding tert-OH is 1. The average molecular weight is 350 g/mol. The largest absolute Gasteiger partial charge is 0.481 e. The fraction of sp³-hybridized carbons (Fsp3) is 0.650. The number of aliphatic carboxylic acids is 1. The molecule has 0 radical (unpaired) electrons. The second-order valence-corrected chi connectivity index (χ2v) is 6.70. The van der Waals surface area contributed by atoms with Gasteiger partial charge in [-0.1, -0.05) is 38.0 Å². The van der Waals surface area contributed by atoms with Crippen molar-refractivity contribution in [3.63, 3.8) is 0 Å². The highest BCUT2D eigenvalue weighted by Gasteiger charge is 2.39. The van der Waals surface area contributed by atoms with Gasteiger partial charge in [0.2, 0.25) is 0 Å². The van der Waals surface area contributed by atoms with Crippen LogP contribution in [0.15, 0.2) is 24.3 Å². The molecule has 1 aliphatic carbocycles. The molecule has 1 rings (SSSR count). The van der Waals surface area contributed by atoms with Gasteiger partial charge in [0, 0.05) is 31.1 Å². The Labute approximate surface area is 149 Å². The van der Waals surface area contributed by atoms with E-state index in [2.05, 4.69) is 6.92 Å². The van der Waals surface area contributed by atoms with Gasteiger partial charge in [0.1, 0.15) is 5.78 Å². The number of carbonyl (C=O) groups excluding carboxylic acids is 2. The number of carboxylic acids is 1. The molecule has 0 bridgehead atoms. The maximum atomic E-state index is 12.1. The highest BCUT2D eigenvalue weighted by molar-refractivity contribution is 5.92. The summed E-state index contributed by atoms with van der Waals surface area (Å²) in [5, 5.41) is 18.7. The molecule has 0 saturated heterocycles.